The molecular weight excluding hydrogens is 418 g/mol. The minimum atomic E-state index is -0.197. The molecule has 0 atom stereocenters. The lowest BCUT2D eigenvalue weighted by atomic mass is 10.2. The topological polar surface area (TPSA) is 81.5 Å². The van der Waals surface area contributed by atoms with Crippen molar-refractivity contribution in [2.24, 2.45) is 0 Å². The van der Waals surface area contributed by atoms with Crippen LogP contribution in [0.5, 0.6) is 5.75 Å². The highest BCUT2D eigenvalue weighted by Gasteiger charge is 2.34. The largest absolute Gasteiger partial charge is 0.492 e. The van der Waals surface area contributed by atoms with E-state index in [4.69, 9.17) is 9.47 Å². The molecule has 0 spiro atoms. The van der Waals surface area contributed by atoms with Gasteiger partial charge in [0.15, 0.2) is 5.69 Å². The Balaban J connectivity index is 1.19. The molecule has 8 heteroatoms. The first-order valence-corrected chi connectivity index (χ1v) is 11.6. The Labute approximate surface area is 193 Å². The third-order valence-electron chi connectivity index (χ3n) is 6.02. The van der Waals surface area contributed by atoms with Gasteiger partial charge in [-0.1, -0.05) is 35.5 Å². The third-order valence-corrected chi connectivity index (χ3v) is 6.02. The van der Waals surface area contributed by atoms with E-state index in [9.17, 15) is 4.79 Å². The molecule has 2 fully saturated rings. The highest BCUT2D eigenvalue weighted by atomic mass is 16.5. The summed E-state index contributed by atoms with van der Waals surface area (Å²) in [4.78, 5) is 15.3. The number of aromatic nitrogens is 3. The quantitative estimate of drug-likeness (QED) is 0.543. The van der Waals surface area contributed by atoms with E-state index in [1.165, 1.54) is 0 Å². The average molecular weight is 448 g/mol. The molecule has 1 aromatic heterocycles. The number of benzene rings is 2. The zero-order valence-electron chi connectivity index (χ0n) is 18.7. The molecule has 1 amide bonds. The number of morpholine rings is 1. The molecule has 1 N–H and O–H groups in total. The molecule has 0 unspecified atom stereocenters. The Morgan fingerprint density at radius 1 is 1.09 bits per heavy atom. The normalized spacial score (nSPS) is 16.5. The number of carbonyl (C=O) groups is 1. The number of nitrogens with one attached hydrogen (secondary N) is 1. The Bertz CT molecular complexity index is 1070. The van der Waals surface area contributed by atoms with E-state index in [0.717, 1.165) is 68.4 Å². The summed E-state index contributed by atoms with van der Waals surface area (Å²) in [6, 6.07) is 17.7. The number of para-hydroxylation sites is 1. The molecule has 2 aliphatic rings. The number of hydrogen-bond donors (Lipinski definition) is 1. The van der Waals surface area contributed by atoms with Gasteiger partial charge in [0.2, 0.25) is 0 Å². The first kappa shape index (κ1) is 21.6. The van der Waals surface area contributed by atoms with Gasteiger partial charge in [0.25, 0.3) is 5.91 Å². The van der Waals surface area contributed by atoms with E-state index in [1.54, 1.807) is 4.68 Å². The van der Waals surface area contributed by atoms with E-state index in [1.807, 2.05) is 54.6 Å². The van der Waals surface area contributed by atoms with Gasteiger partial charge in [-0.05, 0) is 42.7 Å². The molecule has 1 saturated heterocycles. The smallest absolute Gasteiger partial charge is 0.274 e. The number of nitrogens with zero attached hydrogens (tertiary/aromatic N) is 4. The molecule has 0 bridgehead atoms. The van der Waals surface area contributed by atoms with Crippen molar-refractivity contribution in [2.75, 3.05) is 39.5 Å². The average Bonchev–Trinajstić information content (AvgIpc) is 3.61. The maximum Gasteiger partial charge on any atom is 0.274 e. The second-order valence-electron chi connectivity index (χ2n) is 8.48. The molecule has 5 rings (SSSR count). The van der Waals surface area contributed by atoms with Crippen LogP contribution in [0.2, 0.25) is 0 Å². The summed E-state index contributed by atoms with van der Waals surface area (Å²) in [5.74, 6) is 0.950. The first-order chi connectivity index (χ1) is 16.3. The predicted octanol–water partition coefficient (Wildman–Crippen LogP) is 2.79. The van der Waals surface area contributed by atoms with E-state index >= 15 is 0 Å². The van der Waals surface area contributed by atoms with Crippen molar-refractivity contribution in [3.63, 3.8) is 0 Å². The summed E-state index contributed by atoms with van der Waals surface area (Å²) >= 11 is 0. The van der Waals surface area contributed by atoms with Gasteiger partial charge in [-0.25, -0.2) is 4.68 Å². The van der Waals surface area contributed by atoms with Gasteiger partial charge in [0.05, 0.1) is 24.6 Å². The second kappa shape index (κ2) is 10.1. The van der Waals surface area contributed by atoms with Crippen LogP contribution in [0.1, 0.15) is 40.5 Å². The van der Waals surface area contributed by atoms with Crippen LogP contribution in [0.25, 0.3) is 5.69 Å². The number of hydrogen-bond acceptors (Lipinski definition) is 6. The van der Waals surface area contributed by atoms with E-state index in [0.29, 0.717) is 24.8 Å². The van der Waals surface area contributed by atoms with Crippen LogP contribution in [0.4, 0.5) is 0 Å². The van der Waals surface area contributed by atoms with Crippen molar-refractivity contribution in [3.05, 3.63) is 71.5 Å². The number of ether oxygens (including phenoxy) is 2. The summed E-state index contributed by atoms with van der Waals surface area (Å²) in [7, 11) is 0. The molecule has 172 valence electrons. The fourth-order valence-corrected chi connectivity index (χ4v) is 4.06. The fourth-order valence-electron chi connectivity index (χ4n) is 4.06. The van der Waals surface area contributed by atoms with Crippen LogP contribution in [-0.2, 0) is 11.3 Å². The van der Waals surface area contributed by atoms with Gasteiger partial charge in [0.1, 0.15) is 12.4 Å². The molecule has 2 aromatic carbocycles. The molecule has 1 saturated carbocycles. The molecule has 1 aliphatic heterocycles. The van der Waals surface area contributed by atoms with E-state index in [-0.39, 0.29) is 5.91 Å². The monoisotopic (exact) mass is 447 g/mol. The Kier molecular flexibility index (Phi) is 6.64. The van der Waals surface area contributed by atoms with Crippen LogP contribution in [0, 0.1) is 0 Å². The molecular formula is C25H29N5O3. The van der Waals surface area contributed by atoms with Crippen molar-refractivity contribution in [2.45, 2.75) is 25.3 Å². The van der Waals surface area contributed by atoms with Gasteiger partial charge in [-0.2, -0.15) is 0 Å². The van der Waals surface area contributed by atoms with Crippen LogP contribution in [-0.4, -0.2) is 65.3 Å². The summed E-state index contributed by atoms with van der Waals surface area (Å²) in [5.41, 5.74) is 3.22. The first-order valence-electron chi connectivity index (χ1n) is 11.6. The Morgan fingerprint density at radius 2 is 1.91 bits per heavy atom. The van der Waals surface area contributed by atoms with E-state index in [2.05, 4.69) is 20.5 Å². The molecule has 33 heavy (non-hydrogen) atoms. The number of rotatable bonds is 9. The van der Waals surface area contributed by atoms with Crippen LogP contribution in [0.15, 0.2) is 54.6 Å². The zero-order valence-corrected chi connectivity index (χ0v) is 18.7. The summed E-state index contributed by atoms with van der Waals surface area (Å²) in [5, 5.41) is 11.5. The minimum absolute atomic E-state index is 0.197. The van der Waals surface area contributed by atoms with Gasteiger partial charge < -0.3 is 14.8 Å². The molecule has 8 nitrogen and oxygen atoms in total. The van der Waals surface area contributed by atoms with Gasteiger partial charge in [-0.15, -0.1) is 5.10 Å². The predicted molar refractivity (Wildman–Crippen MR) is 124 cm³/mol. The summed E-state index contributed by atoms with van der Waals surface area (Å²) in [6.07, 6.45) is 2.12. The van der Waals surface area contributed by atoms with Crippen LogP contribution < -0.4 is 10.1 Å². The van der Waals surface area contributed by atoms with Crippen molar-refractivity contribution in [3.8, 4) is 11.4 Å². The van der Waals surface area contributed by atoms with Crippen molar-refractivity contribution < 1.29 is 14.3 Å². The lowest BCUT2D eigenvalue weighted by Gasteiger charge is -2.26. The Morgan fingerprint density at radius 3 is 2.70 bits per heavy atom. The van der Waals surface area contributed by atoms with Crippen LogP contribution >= 0.6 is 0 Å². The highest BCUT2D eigenvalue weighted by molar-refractivity contribution is 5.93. The van der Waals surface area contributed by atoms with Gasteiger partial charge in [-0.3, -0.25) is 9.69 Å². The highest BCUT2D eigenvalue weighted by Crippen LogP contribution is 2.41. The Hall–Kier alpha value is -3.23. The third kappa shape index (κ3) is 5.40. The fraction of sp³-hybridized carbons (Fsp3) is 0.400. The minimum Gasteiger partial charge on any atom is -0.492 e. The summed E-state index contributed by atoms with van der Waals surface area (Å²) < 4.78 is 13.1. The van der Waals surface area contributed by atoms with Crippen molar-refractivity contribution in [1.29, 1.82) is 0 Å². The number of amides is 1. The standard InChI is InChI=1S/C25H29N5O3/c31-25(23-24(20-9-10-20)30(28-27-23)21-6-2-1-3-7-21)26-18-19-5-4-8-22(17-19)33-16-13-29-11-14-32-15-12-29/h1-8,17,20H,9-16,18H2,(H,26,31). The molecule has 0 radical (unpaired) electrons. The molecule has 2 heterocycles. The molecule has 3 aromatic rings. The lowest BCUT2D eigenvalue weighted by Crippen LogP contribution is -2.38. The number of carbonyl (C=O) groups excluding carboxylic acids is 1. The van der Waals surface area contributed by atoms with Crippen molar-refractivity contribution >= 4 is 5.91 Å². The summed E-state index contributed by atoms with van der Waals surface area (Å²) in [6.45, 7) is 5.39. The molecule has 1 aliphatic carbocycles. The maximum atomic E-state index is 13.0. The van der Waals surface area contributed by atoms with Gasteiger partial charge >= 0.3 is 0 Å². The lowest BCUT2D eigenvalue weighted by molar-refractivity contribution is 0.0322. The van der Waals surface area contributed by atoms with Crippen LogP contribution in [0.3, 0.4) is 0 Å². The second-order valence-corrected chi connectivity index (χ2v) is 8.48. The SMILES string of the molecule is O=C(NCc1cccc(OCCN2CCOCC2)c1)c1nnn(-c2ccccc2)c1C1CC1. The maximum absolute atomic E-state index is 13.0. The van der Waals surface area contributed by atoms with E-state index < -0.39 is 0 Å². The van der Waals surface area contributed by atoms with Crippen molar-refractivity contribution in [1.82, 2.24) is 25.2 Å². The van der Waals surface area contributed by atoms with Gasteiger partial charge in [0, 0.05) is 32.1 Å². The zero-order chi connectivity index (χ0) is 22.5.